The highest BCUT2D eigenvalue weighted by atomic mass is 32.2. The Labute approximate surface area is 208 Å². The summed E-state index contributed by atoms with van der Waals surface area (Å²) in [4.78, 5) is 24.6. The van der Waals surface area contributed by atoms with Crippen molar-refractivity contribution in [2.24, 2.45) is 0 Å². The number of aromatic nitrogens is 3. The van der Waals surface area contributed by atoms with Gasteiger partial charge in [-0.1, -0.05) is 24.8 Å². The van der Waals surface area contributed by atoms with Crippen molar-refractivity contribution in [3.05, 3.63) is 77.8 Å². The third-order valence-corrected chi connectivity index (χ3v) is 6.26. The van der Waals surface area contributed by atoms with E-state index in [2.05, 4.69) is 42.2 Å². The van der Waals surface area contributed by atoms with Crippen LogP contribution >= 0.6 is 0 Å². The highest BCUT2D eigenvalue weighted by Crippen LogP contribution is 2.31. The molecule has 0 unspecified atom stereocenters. The van der Waals surface area contributed by atoms with Crippen molar-refractivity contribution in [3.63, 3.8) is 0 Å². The molecule has 0 aliphatic rings. The summed E-state index contributed by atoms with van der Waals surface area (Å²) < 4.78 is 31.3. The van der Waals surface area contributed by atoms with Gasteiger partial charge in [0.2, 0.25) is 16.0 Å². The number of anilines is 4. The van der Waals surface area contributed by atoms with Crippen molar-refractivity contribution < 1.29 is 17.9 Å². The van der Waals surface area contributed by atoms with Crippen LogP contribution in [0.25, 0.3) is 11.0 Å². The van der Waals surface area contributed by atoms with Crippen LogP contribution in [0.2, 0.25) is 0 Å². The molecule has 1 amide bonds. The minimum absolute atomic E-state index is 0.0621. The van der Waals surface area contributed by atoms with E-state index >= 15 is 0 Å². The van der Waals surface area contributed by atoms with Crippen LogP contribution in [0, 0.1) is 0 Å². The number of carbonyl (C=O) groups is 1. The standard InChI is InChI=1S/C24H25N7O4S/c1-4-36(33,34)27-14-15-9-10-20(35-3)19(13-15)29-24-30-21-17(11-12-26-21)22(31-24)28-18-8-6-5-7-16(18)23(32)25-2/h4-13,27H,1,14H2,2-3H3,(H,25,32)(H3,26,28,29,30,31). The van der Waals surface area contributed by atoms with Crippen molar-refractivity contribution >= 4 is 50.1 Å². The summed E-state index contributed by atoms with van der Waals surface area (Å²) in [7, 11) is -0.478. The van der Waals surface area contributed by atoms with Crippen molar-refractivity contribution in [1.82, 2.24) is 25.0 Å². The fourth-order valence-electron chi connectivity index (χ4n) is 3.47. The summed E-state index contributed by atoms with van der Waals surface area (Å²) in [6, 6.07) is 14.1. The molecule has 0 saturated heterocycles. The Morgan fingerprint density at radius 2 is 1.92 bits per heavy atom. The van der Waals surface area contributed by atoms with Crippen molar-refractivity contribution in [2.75, 3.05) is 24.8 Å². The molecule has 0 saturated carbocycles. The largest absolute Gasteiger partial charge is 0.495 e. The van der Waals surface area contributed by atoms with Crippen LogP contribution in [-0.4, -0.2) is 43.4 Å². The molecule has 2 aromatic carbocycles. The van der Waals surface area contributed by atoms with Crippen molar-refractivity contribution in [2.45, 2.75) is 6.54 Å². The zero-order valence-electron chi connectivity index (χ0n) is 19.6. The lowest BCUT2D eigenvalue weighted by Gasteiger charge is -2.15. The molecule has 5 N–H and O–H groups in total. The van der Waals surface area contributed by atoms with E-state index in [1.807, 2.05) is 12.1 Å². The first kappa shape index (κ1) is 24.7. The number of para-hydroxylation sites is 1. The molecule has 0 aliphatic carbocycles. The number of rotatable bonds is 10. The lowest BCUT2D eigenvalue weighted by molar-refractivity contribution is 0.0964. The second-order valence-corrected chi connectivity index (χ2v) is 9.29. The van der Waals surface area contributed by atoms with Gasteiger partial charge in [-0.25, -0.2) is 13.1 Å². The molecule has 0 fully saturated rings. The maximum absolute atomic E-state index is 12.3. The first-order valence-electron chi connectivity index (χ1n) is 10.8. The summed E-state index contributed by atoms with van der Waals surface area (Å²) >= 11 is 0. The van der Waals surface area contributed by atoms with E-state index in [-0.39, 0.29) is 18.4 Å². The number of hydrogen-bond acceptors (Lipinski definition) is 8. The predicted octanol–water partition coefficient (Wildman–Crippen LogP) is 3.38. The number of carbonyl (C=O) groups excluding carboxylic acids is 1. The number of amides is 1. The van der Waals surface area contributed by atoms with Crippen LogP contribution in [0.3, 0.4) is 0 Å². The van der Waals surface area contributed by atoms with E-state index in [9.17, 15) is 13.2 Å². The highest BCUT2D eigenvalue weighted by Gasteiger charge is 2.15. The normalized spacial score (nSPS) is 11.2. The fourth-order valence-corrected chi connectivity index (χ4v) is 3.96. The third-order valence-electron chi connectivity index (χ3n) is 5.27. The average molecular weight is 508 g/mol. The Morgan fingerprint density at radius 1 is 1.11 bits per heavy atom. The molecule has 0 radical (unpaired) electrons. The number of sulfonamides is 1. The lowest BCUT2D eigenvalue weighted by atomic mass is 10.1. The number of aromatic amines is 1. The van der Waals surface area contributed by atoms with Crippen LogP contribution < -0.4 is 25.4 Å². The average Bonchev–Trinajstić information content (AvgIpc) is 3.36. The molecule has 11 nitrogen and oxygen atoms in total. The minimum Gasteiger partial charge on any atom is -0.495 e. The molecule has 12 heteroatoms. The van der Waals surface area contributed by atoms with Gasteiger partial charge >= 0.3 is 0 Å². The molecule has 2 heterocycles. The maximum atomic E-state index is 12.3. The predicted molar refractivity (Wildman–Crippen MR) is 139 cm³/mol. The molecule has 2 aromatic heterocycles. The van der Waals surface area contributed by atoms with Gasteiger partial charge < -0.3 is 25.7 Å². The Balaban J connectivity index is 1.68. The SMILES string of the molecule is C=CS(=O)(=O)NCc1ccc(OC)c(Nc2nc(Nc3ccccc3C(=O)NC)c3cc[nH]c3n2)c1. The quantitative estimate of drug-likeness (QED) is 0.219. The van der Waals surface area contributed by atoms with E-state index in [0.29, 0.717) is 39.7 Å². The number of H-pyrrole nitrogens is 1. The number of fused-ring (bicyclic) bond motifs is 1. The van der Waals surface area contributed by atoms with Gasteiger partial charge in [-0.2, -0.15) is 9.97 Å². The van der Waals surface area contributed by atoms with Gasteiger partial charge in [-0.15, -0.1) is 0 Å². The third kappa shape index (κ3) is 5.45. The first-order chi connectivity index (χ1) is 17.3. The number of nitrogens with zero attached hydrogens (tertiary/aromatic N) is 2. The first-order valence-corrected chi connectivity index (χ1v) is 12.4. The molecular weight excluding hydrogens is 482 g/mol. The van der Waals surface area contributed by atoms with E-state index in [1.54, 1.807) is 49.6 Å². The summed E-state index contributed by atoms with van der Waals surface area (Å²) in [6.07, 6.45) is 1.74. The molecule has 0 bridgehead atoms. The number of ether oxygens (including phenoxy) is 1. The summed E-state index contributed by atoms with van der Waals surface area (Å²) in [5.41, 5.74) is 2.84. The van der Waals surface area contributed by atoms with Crippen molar-refractivity contribution in [1.29, 1.82) is 0 Å². The van der Waals surface area contributed by atoms with Crippen LogP contribution in [0.1, 0.15) is 15.9 Å². The summed E-state index contributed by atoms with van der Waals surface area (Å²) in [6.45, 7) is 3.36. The second-order valence-electron chi connectivity index (χ2n) is 7.58. The highest BCUT2D eigenvalue weighted by molar-refractivity contribution is 7.92. The van der Waals surface area contributed by atoms with Crippen molar-refractivity contribution in [3.8, 4) is 5.75 Å². The summed E-state index contributed by atoms with van der Waals surface area (Å²) in [5, 5.41) is 10.6. The maximum Gasteiger partial charge on any atom is 0.253 e. The smallest absolute Gasteiger partial charge is 0.253 e. The van der Waals surface area contributed by atoms with Gasteiger partial charge in [0, 0.05) is 25.2 Å². The molecule has 36 heavy (non-hydrogen) atoms. The molecule has 4 aromatic rings. The van der Waals surface area contributed by atoms with Gasteiger partial charge in [0.15, 0.2) is 0 Å². The van der Waals surface area contributed by atoms with Gasteiger partial charge in [0.05, 0.1) is 29.4 Å². The van der Waals surface area contributed by atoms with E-state index in [1.165, 1.54) is 7.11 Å². The van der Waals surface area contributed by atoms with Gasteiger partial charge in [0.25, 0.3) is 5.91 Å². The lowest BCUT2D eigenvalue weighted by Crippen LogP contribution is -2.20. The Hall–Kier alpha value is -4.42. The monoisotopic (exact) mass is 507 g/mol. The Morgan fingerprint density at radius 3 is 2.67 bits per heavy atom. The number of nitrogens with one attached hydrogen (secondary N) is 5. The molecule has 0 aliphatic heterocycles. The topological polar surface area (TPSA) is 150 Å². The molecular formula is C24H25N7O4S. The molecule has 0 atom stereocenters. The number of hydrogen-bond donors (Lipinski definition) is 5. The zero-order valence-corrected chi connectivity index (χ0v) is 20.4. The second kappa shape index (κ2) is 10.5. The van der Waals surface area contributed by atoms with Gasteiger partial charge in [-0.05, 0) is 35.9 Å². The Bertz CT molecular complexity index is 1530. The van der Waals surface area contributed by atoms with Crippen LogP contribution in [0.5, 0.6) is 5.75 Å². The minimum atomic E-state index is -3.57. The van der Waals surface area contributed by atoms with Crippen LogP contribution in [0.4, 0.5) is 23.1 Å². The number of methoxy groups -OCH3 is 1. The van der Waals surface area contributed by atoms with E-state index in [0.717, 1.165) is 10.8 Å². The van der Waals surface area contributed by atoms with E-state index < -0.39 is 10.0 Å². The molecule has 4 rings (SSSR count). The molecule has 186 valence electrons. The molecule has 0 spiro atoms. The summed E-state index contributed by atoms with van der Waals surface area (Å²) in [5.74, 6) is 1.02. The number of benzene rings is 2. The Kier molecular flexibility index (Phi) is 7.17. The van der Waals surface area contributed by atoms with Gasteiger partial charge in [-0.3, -0.25) is 4.79 Å². The van der Waals surface area contributed by atoms with Crippen LogP contribution in [-0.2, 0) is 16.6 Å². The van der Waals surface area contributed by atoms with Crippen LogP contribution in [0.15, 0.2) is 66.7 Å². The van der Waals surface area contributed by atoms with Gasteiger partial charge in [0.1, 0.15) is 17.2 Å². The fraction of sp³-hybridized carbons (Fsp3) is 0.125. The van der Waals surface area contributed by atoms with E-state index in [4.69, 9.17) is 4.74 Å². The zero-order chi connectivity index (χ0) is 25.7.